The first-order chi connectivity index (χ1) is 4.22. The lowest BCUT2D eigenvalue weighted by atomic mass is 10.2. The van der Waals surface area contributed by atoms with Gasteiger partial charge in [-0.1, -0.05) is 0 Å². The van der Waals surface area contributed by atoms with Gasteiger partial charge < -0.3 is 5.11 Å². The molecule has 0 aromatic rings. The van der Waals surface area contributed by atoms with Crippen LogP contribution in [0.3, 0.4) is 0 Å². The highest BCUT2D eigenvalue weighted by Crippen LogP contribution is 2.16. The van der Waals surface area contributed by atoms with Gasteiger partial charge >= 0.3 is 5.97 Å². The largest absolute Gasteiger partial charge is 0.480 e. The minimum absolute atomic E-state index is 0. The molecule has 1 aliphatic heterocycles. The molecule has 1 saturated heterocycles. The van der Waals surface area contributed by atoms with Crippen LogP contribution >= 0.6 is 12.4 Å². The zero-order chi connectivity index (χ0) is 6.85. The third kappa shape index (κ3) is 1.82. The summed E-state index contributed by atoms with van der Waals surface area (Å²) in [5.41, 5.74) is 0. The Hall–Kier alpha value is -0.350. The molecule has 1 N–H and O–H groups in total. The van der Waals surface area contributed by atoms with Gasteiger partial charge in [0.25, 0.3) is 0 Å². The van der Waals surface area contributed by atoms with Crippen LogP contribution in [0.4, 0.5) is 4.48 Å². The van der Waals surface area contributed by atoms with E-state index in [1.54, 1.807) is 0 Å². The quantitative estimate of drug-likeness (QED) is 0.592. The SMILES string of the molecule is Cl.O=C(O)C1CCCN1F. The average molecular weight is 170 g/mol. The zero-order valence-corrected chi connectivity index (χ0v) is 6.10. The summed E-state index contributed by atoms with van der Waals surface area (Å²) in [4.78, 5) is 10.1. The van der Waals surface area contributed by atoms with E-state index in [1.165, 1.54) is 0 Å². The van der Waals surface area contributed by atoms with Gasteiger partial charge in [0.15, 0.2) is 0 Å². The summed E-state index contributed by atoms with van der Waals surface area (Å²) in [5, 5.41) is 8.68. The van der Waals surface area contributed by atoms with Gasteiger partial charge in [0.05, 0.1) is 0 Å². The maximum Gasteiger partial charge on any atom is 0.323 e. The minimum Gasteiger partial charge on any atom is -0.480 e. The molecule has 10 heavy (non-hydrogen) atoms. The van der Waals surface area contributed by atoms with Gasteiger partial charge in [-0.05, 0) is 12.8 Å². The first-order valence-corrected chi connectivity index (χ1v) is 2.87. The average Bonchev–Trinajstić information content (AvgIpc) is 2.13. The Morgan fingerprint density at radius 3 is 2.50 bits per heavy atom. The standard InChI is InChI=1S/C5H8FNO2.ClH/c6-7-3-1-2-4(7)5(8)9;/h4H,1-3H2,(H,8,9);1H. The lowest BCUT2D eigenvalue weighted by Gasteiger charge is -2.07. The highest BCUT2D eigenvalue weighted by atomic mass is 35.5. The molecule has 1 fully saturated rings. The molecule has 1 unspecified atom stereocenters. The van der Waals surface area contributed by atoms with Gasteiger partial charge in [0.1, 0.15) is 6.04 Å². The van der Waals surface area contributed by atoms with E-state index in [-0.39, 0.29) is 19.0 Å². The van der Waals surface area contributed by atoms with Crippen LogP contribution < -0.4 is 0 Å². The van der Waals surface area contributed by atoms with Crippen LogP contribution in [0.5, 0.6) is 0 Å². The second-order valence-electron chi connectivity index (χ2n) is 2.12. The normalized spacial score (nSPS) is 25.9. The minimum atomic E-state index is -1.06. The van der Waals surface area contributed by atoms with Gasteiger partial charge in [-0.25, -0.2) is 0 Å². The Kier molecular flexibility index (Phi) is 3.60. The van der Waals surface area contributed by atoms with Crippen LogP contribution in [-0.4, -0.2) is 28.8 Å². The summed E-state index contributed by atoms with van der Waals surface area (Å²) in [7, 11) is 0. The summed E-state index contributed by atoms with van der Waals surface area (Å²) in [6.07, 6.45) is 1.08. The van der Waals surface area contributed by atoms with Crippen molar-refractivity contribution in [2.24, 2.45) is 0 Å². The van der Waals surface area contributed by atoms with E-state index in [9.17, 15) is 9.28 Å². The Morgan fingerprint density at radius 1 is 1.70 bits per heavy atom. The molecule has 1 rings (SSSR count). The van der Waals surface area contributed by atoms with E-state index in [4.69, 9.17) is 5.11 Å². The van der Waals surface area contributed by atoms with Gasteiger partial charge in [-0.2, -0.15) is 0 Å². The van der Waals surface area contributed by atoms with Crippen molar-refractivity contribution in [1.29, 1.82) is 0 Å². The van der Waals surface area contributed by atoms with E-state index in [2.05, 4.69) is 0 Å². The second kappa shape index (κ2) is 3.73. The molecule has 3 nitrogen and oxygen atoms in total. The third-order valence-corrected chi connectivity index (χ3v) is 1.47. The third-order valence-electron chi connectivity index (χ3n) is 1.47. The molecule has 0 spiro atoms. The van der Waals surface area contributed by atoms with Crippen LogP contribution in [0.1, 0.15) is 12.8 Å². The number of halogens is 2. The molecule has 5 heteroatoms. The molecule has 0 bridgehead atoms. The van der Waals surface area contributed by atoms with Crippen LogP contribution in [0.15, 0.2) is 0 Å². The predicted molar refractivity (Wildman–Crippen MR) is 35.7 cm³/mol. The topological polar surface area (TPSA) is 40.5 Å². The number of hydrogen-bond donors (Lipinski definition) is 1. The molecule has 0 radical (unpaired) electrons. The molecule has 0 saturated carbocycles. The molecule has 1 heterocycles. The van der Waals surface area contributed by atoms with Crippen molar-refractivity contribution in [1.82, 2.24) is 5.12 Å². The van der Waals surface area contributed by atoms with E-state index in [0.717, 1.165) is 0 Å². The second-order valence-corrected chi connectivity index (χ2v) is 2.12. The number of nitrogens with zero attached hydrogens (tertiary/aromatic N) is 1. The molecular weight excluding hydrogens is 161 g/mol. The number of carboxylic acids is 1. The lowest BCUT2D eigenvalue weighted by molar-refractivity contribution is -0.148. The Balaban J connectivity index is 0.000000810. The number of carboxylic acid groups (broad SMARTS) is 1. The maximum atomic E-state index is 12.3. The number of carbonyl (C=O) groups is 1. The monoisotopic (exact) mass is 169 g/mol. The molecule has 60 valence electrons. The highest BCUT2D eigenvalue weighted by Gasteiger charge is 2.30. The zero-order valence-electron chi connectivity index (χ0n) is 5.29. The van der Waals surface area contributed by atoms with Crippen molar-refractivity contribution in [2.75, 3.05) is 6.54 Å². The first-order valence-electron chi connectivity index (χ1n) is 2.87. The Labute approximate surface area is 64.2 Å². The summed E-state index contributed by atoms with van der Waals surface area (Å²) in [6.45, 7) is 0.261. The highest BCUT2D eigenvalue weighted by molar-refractivity contribution is 5.85. The smallest absolute Gasteiger partial charge is 0.323 e. The van der Waals surface area contributed by atoms with E-state index in [0.29, 0.717) is 18.0 Å². The Bertz CT molecular complexity index is 133. The number of aliphatic carboxylic acids is 1. The summed E-state index contributed by atoms with van der Waals surface area (Å²) in [5.74, 6) is -1.06. The molecular formula is C5H9ClFNO2. The van der Waals surface area contributed by atoms with Crippen molar-refractivity contribution < 1.29 is 14.4 Å². The summed E-state index contributed by atoms with van der Waals surface area (Å²) < 4.78 is 12.3. The summed E-state index contributed by atoms with van der Waals surface area (Å²) in [6, 6.07) is -0.884. The van der Waals surface area contributed by atoms with Crippen molar-refractivity contribution in [2.45, 2.75) is 18.9 Å². The van der Waals surface area contributed by atoms with Crippen molar-refractivity contribution in [3.8, 4) is 0 Å². The molecule has 1 atom stereocenters. The molecule has 0 aromatic carbocycles. The molecule has 0 aliphatic carbocycles. The van der Waals surface area contributed by atoms with Gasteiger partial charge in [0.2, 0.25) is 0 Å². The fourth-order valence-electron chi connectivity index (χ4n) is 0.975. The van der Waals surface area contributed by atoms with Gasteiger partial charge in [0, 0.05) is 6.54 Å². The number of hydrogen-bond acceptors (Lipinski definition) is 2. The van der Waals surface area contributed by atoms with Crippen LogP contribution in [-0.2, 0) is 4.79 Å². The lowest BCUT2D eigenvalue weighted by Crippen LogP contribution is -2.29. The van der Waals surface area contributed by atoms with E-state index < -0.39 is 12.0 Å². The van der Waals surface area contributed by atoms with Crippen molar-refractivity contribution in [3.05, 3.63) is 0 Å². The van der Waals surface area contributed by atoms with E-state index in [1.807, 2.05) is 0 Å². The maximum absolute atomic E-state index is 12.3. The van der Waals surface area contributed by atoms with Crippen molar-refractivity contribution in [3.63, 3.8) is 0 Å². The molecule has 0 amide bonds. The van der Waals surface area contributed by atoms with Gasteiger partial charge in [-0.15, -0.1) is 22.0 Å². The fourth-order valence-corrected chi connectivity index (χ4v) is 0.975. The fraction of sp³-hybridized carbons (Fsp3) is 0.800. The van der Waals surface area contributed by atoms with Crippen LogP contribution in [0.25, 0.3) is 0 Å². The predicted octanol–water partition coefficient (Wildman–Crippen LogP) is 0.842. The van der Waals surface area contributed by atoms with Crippen LogP contribution in [0, 0.1) is 0 Å². The van der Waals surface area contributed by atoms with Crippen molar-refractivity contribution >= 4 is 18.4 Å². The molecule has 1 aliphatic rings. The van der Waals surface area contributed by atoms with Crippen LogP contribution in [0.2, 0.25) is 0 Å². The number of rotatable bonds is 1. The summed E-state index contributed by atoms with van der Waals surface area (Å²) >= 11 is 0. The first kappa shape index (κ1) is 9.65. The molecule has 0 aromatic heterocycles. The van der Waals surface area contributed by atoms with Gasteiger partial charge in [-0.3, -0.25) is 4.79 Å². The van der Waals surface area contributed by atoms with E-state index >= 15 is 0 Å². The Morgan fingerprint density at radius 2 is 2.30 bits per heavy atom.